The Hall–Kier alpha value is -1.39. The highest BCUT2D eigenvalue weighted by molar-refractivity contribution is 5.75. The van der Waals surface area contributed by atoms with Gasteiger partial charge in [0.2, 0.25) is 0 Å². The van der Waals surface area contributed by atoms with Crippen LogP contribution in [0.15, 0.2) is 30.3 Å². The second-order valence-electron chi connectivity index (χ2n) is 3.78. The average molecular weight is 223 g/mol. The molecule has 88 valence electrons. The van der Waals surface area contributed by atoms with E-state index in [1.54, 1.807) is 6.92 Å². The second-order valence-corrected chi connectivity index (χ2v) is 3.78. The van der Waals surface area contributed by atoms with Crippen LogP contribution < -0.4 is 5.73 Å². The highest BCUT2D eigenvalue weighted by Gasteiger charge is 2.15. The van der Waals surface area contributed by atoms with Crippen LogP contribution in [0.25, 0.3) is 0 Å². The van der Waals surface area contributed by atoms with Gasteiger partial charge in [0.25, 0.3) is 0 Å². The predicted octanol–water partition coefficient (Wildman–Crippen LogP) is 0.480. The van der Waals surface area contributed by atoms with Crippen LogP contribution in [-0.4, -0.2) is 29.8 Å². The van der Waals surface area contributed by atoms with E-state index in [0.717, 1.165) is 5.56 Å². The third-order valence-corrected chi connectivity index (χ3v) is 2.07. The highest BCUT2D eigenvalue weighted by Crippen LogP contribution is 2.03. The number of carbonyl (C=O) groups excluding carboxylic acids is 1. The van der Waals surface area contributed by atoms with E-state index in [4.69, 9.17) is 15.6 Å². The van der Waals surface area contributed by atoms with E-state index in [0.29, 0.717) is 6.42 Å². The molecule has 1 aromatic rings. The van der Waals surface area contributed by atoms with Crippen LogP contribution in [0.2, 0.25) is 0 Å². The molecule has 4 nitrogen and oxygen atoms in total. The summed E-state index contributed by atoms with van der Waals surface area (Å²) in [4.78, 5) is 11.4. The molecule has 0 spiro atoms. The molecule has 16 heavy (non-hydrogen) atoms. The number of hydrogen-bond acceptors (Lipinski definition) is 4. The Kier molecular flexibility index (Phi) is 4.95. The molecule has 0 aliphatic heterocycles. The van der Waals surface area contributed by atoms with Crippen LogP contribution in [0.4, 0.5) is 0 Å². The minimum absolute atomic E-state index is 0.0126. The molecule has 0 aromatic heterocycles. The van der Waals surface area contributed by atoms with Crippen molar-refractivity contribution in [3.8, 4) is 0 Å². The fraction of sp³-hybridized carbons (Fsp3) is 0.417. The van der Waals surface area contributed by atoms with Gasteiger partial charge in [-0.15, -0.1) is 0 Å². The maximum Gasteiger partial charge on any atom is 0.323 e. The largest absolute Gasteiger partial charge is 0.462 e. The number of carbonyl (C=O) groups is 1. The standard InChI is InChI=1S/C12H17NO3/c1-9(14)8-16-12(15)11(13)7-10-5-3-2-4-6-10/h2-6,9,11,14H,7-8,13H2,1H3/t9?,11-/m0/s1. The van der Waals surface area contributed by atoms with Crippen LogP contribution in [-0.2, 0) is 16.0 Å². The lowest BCUT2D eigenvalue weighted by molar-refractivity contribution is -0.147. The molecule has 0 aliphatic rings. The Labute approximate surface area is 95.0 Å². The Bertz CT molecular complexity index is 324. The van der Waals surface area contributed by atoms with Gasteiger partial charge >= 0.3 is 5.97 Å². The summed E-state index contributed by atoms with van der Waals surface area (Å²) in [7, 11) is 0. The molecule has 1 rings (SSSR count). The molecule has 0 heterocycles. The Morgan fingerprint density at radius 2 is 2.06 bits per heavy atom. The smallest absolute Gasteiger partial charge is 0.323 e. The summed E-state index contributed by atoms with van der Waals surface area (Å²) in [6.07, 6.45) is -0.215. The van der Waals surface area contributed by atoms with Gasteiger partial charge in [-0.05, 0) is 18.9 Å². The van der Waals surface area contributed by atoms with Crippen molar-refractivity contribution in [2.75, 3.05) is 6.61 Å². The third kappa shape index (κ3) is 4.42. The zero-order valence-electron chi connectivity index (χ0n) is 9.30. The number of aliphatic hydroxyl groups excluding tert-OH is 1. The normalized spacial score (nSPS) is 14.2. The first-order chi connectivity index (χ1) is 7.59. The zero-order valence-corrected chi connectivity index (χ0v) is 9.30. The van der Waals surface area contributed by atoms with Crippen molar-refractivity contribution < 1.29 is 14.6 Å². The van der Waals surface area contributed by atoms with Gasteiger partial charge in [-0.25, -0.2) is 0 Å². The molecule has 2 atom stereocenters. The highest BCUT2D eigenvalue weighted by atomic mass is 16.5. The molecule has 0 bridgehead atoms. The summed E-state index contributed by atoms with van der Waals surface area (Å²) >= 11 is 0. The molecule has 4 heteroatoms. The van der Waals surface area contributed by atoms with Gasteiger partial charge in [0.1, 0.15) is 12.6 Å². The Morgan fingerprint density at radius 3 is 2.62 bits per heavy atom. The van der Waals surface area contributed by atoms with Crippen molar-refractivity contribution in [3.63, 3.8) is 0 Å². The van der Waals surface area contributed by atoms with Crippen molar-refractivity contribution in [3.05, 3.63) is 35.9 Å². The van der Waals surface area contributed by atoms with E-state index in [9.17, 15) is 4.79 Å². The Morgan fingerprint density at radius 1 is 1.44 bits per heavy atom. The zero-order chi connectivity index (χ0) is 12.0. The van der Waals surface area contributed by atoms with Gasteiger partial charge in [-0.3, -0.25) is 4.79 Å². The average Bonchev–Trinajstić information content (AvgIpc) is 2.27. The van der Waals surface area contributed by atoms with Crippen molar-refractivity contribution in [2.45, 2.75) is 25.5 Å². The first-order valence-corrected chi connectivity index (χ1v) is 5.24. The summed E-state index contributed by atoms with van der Waals surface area (Å²) in [5.74, 6) is -0.482. The molecule has 0 saturated heterocycles. The van der Waals surface area contributed by atoms with Gasteiger partial charge in [0, 0.05) is 0 Å². The summed E-state index contributed by atoms with van der Waals surface area (Å²) in [6.45, 7) is 1.54. The number of ether oxygens (including phenoxy) is 1. The minimum atomic E-state index is -0.679. The van der Waals surface area contributed by atoms with Gasteiger partial charge in [0.05, 0.1) is 6.10 Å². The number of nitrogens with two attached hydrogens (primary N) is 1. The van der Waals surface area contributed by atoms with Crippen LogP contribution in [0, 0.1) is 0 Å². The van der Waals surface area contributed by atoms with Crippen LogP contribution >= 0.6 is 0 Å². The van der Waals surface area contributed by atoms with Crippen molar-refractivity contribution in [1.82, 2.24) is 0 Å². The molecule has 3 N–H and O–H groups in total. The van der Waals surface area contributed by atoms with E-state index in [1.807, 2.05) is 30.3 Å². The number of esters is 1. The van der Waals surface area contributed by atoms with Crippen molar-refractivity contribution >= 4 is 5.97 Å². The van der Waals surface area contributed by atoms with Gasteiger partial charge in [0.15, 0.2) is 0 Å². The molecular formula is C12H17NO3. The number of rotatable bonds is 5. The topological polar surface area (TPSA) is 72.5 Å². The predicted molar refractivity (Wildman–Crippen MR) is 60.8 cm³/mol. The first-order valence-electron chi connectivity index (χ1n) is 5.24. The van der Waals surface area contributed by atoms with E-state index in [2.05, 4.69) is 0 Å². The van der Waals surface area contributed by atoms with Crippen molar-refractivity contribution in [2.24, 2.45) is 5.73 Å². The Balaban J connectivity index is 2.40. The molecule has 0 fully saturated rings. The summed E-state index contributed by atoms with van der Waals surface area (Å²) < 4.78 is 4.82. The van der Waals surface area contributed by atoms with Crippen LogP contribution in [0.1, 0.15) is 12.5 Å². The molecule has 1 aromatic carbocycles. The van der Waals surface area contributed by atoms with Gasteiger partial charge in [-0.2, -0.15) is 0 Å². The minimum Gasteiger partial charge on any atom is -0.462 e. The van der Waals surface area contributed by atoms with Crippen LogP contribution in [0.5, 0.6) is 0 Å². The molecule has 0 saturated carbocycles. The molecule has 0 amide bonds. The quantitative estimate of drug-likeness (QED) is 0.712. The molecule has 0 radical (unpaired) electrons. The first kappa shape index (κ1) is 12.7. The number of benzene rings is 1. The van der Waals surface area contributed by atoms with Crippen LogP contribution in [0.3, 0.4) is 0 Å². The maximum absolute atomic E-state index is 11.4. The maximum atomic E-state index is 11.4. The number of hydrogen-bond donors (Lipinski definition) is 2. The van der Waals surface area contributed by atoms with E-state index < -0.39 is 18.1 Å². The lowest BCUT2D eigenvalue weighted by Crippen LogP contribution is -2.35. The van der Waals surface area contributed by atoms with E-state index in [1.165, 1.54) is 0 Å². The van der Waals surface area contributed by atoms with Crippen molar-refractivity contribution in [1.29, 1.82) is 0 Å². The fourth-order valence-corrected chi connectivity index (χ4v) is 1.26. The lowest BCUT2D eigenvalue weighted by atomic mass is 10.1. The van der Waals surface area contributed by atoms with Gasteiger partial charge < -0.3 is 15.6 Å². The monoisotopic (exact) mass is 223 g/mol. The molecule has 0 aliphatic carbocycles. The fourth-order valence-electron chi connectivity index (χ4n) is 1.26. The third-order valence-electron chi connectivity index (χ3n) is 2.07. The second kappa shape index (κ2) is 6.25. The molecular weight excluding hydrogens is 206 g/mol. The molecule has 1 unspecified atom stereocenters. The van der Waals surface area contributed by atoms with E-state index in [-0.39, 0.29) is 6.61 Å². The van der Waals surface area contributed by atoms with Gasteiger partial charge in [-0.1, -0.05) is 30.3 Å². The SMILES string of the molecule is CC(O)COC(=O)[C@@H](N)Cc1ccccc1. The number of aliphatic hydroxyl groups is 1. The summed E-state index contributed by atoms with van der Waals surface area (Å²) in [5, 5.41) is 8.95. The summed E-state index contributed by atoms with van der Waals surface area (Å²) in [6, 6.07) is 8.82. The lowest BCUT2D eigenvalue weighted by Gasteiger charge is -2.12. The summed E-state index contributed by atoms with van der Waals surface area (Å²) in [5.41, 5.74) is 6.67. The van der Waals surface area contributed by atoms with E-state index >= 15 is 0 Å².